The highest BCUT2D eigenvalue weighted by Crippen LogP contribution is 2.21. The number of halogens is 1. The van der Waals surface area contributed by atoms with Crippen molar-refractivity contribution in [2.75, 3.05) is 18.6 Å². The predicted octanol–water partition coefficient (Wildman–Crippen LogP) is 1.57. The normalized spacial score (nSPS) is 15.2. The van der Waals surface area contributed by atoms with Crippen LogP contribution < -0.4 is 10.5 Å². The van der Waals surface area contributed by atoms with Crippen molar-refractivity contribution in [3.63, 3.8) is 0 Å². The van der Waals surface area contributed by atoms with E-state index in [2.05, 4.69) is 26.4 Å². The summed E-state index contributed by atoms with van der Waals surface area (Å²) < 4.78 is 1.75. The molecule has 0 unspecified atom stereocenters. The maximum Gasteiger partial charge on any atom is 0.436 e. The number of aromatic nitrogens is 4. The van der Waals surface area contributed by atoms with Gasteiger partial charge in [0.2, 0.25) is 0 Å². The Bertz CT molecular complexity index is 787. The Balaban J connectivity index is 1.75. The molecule has 1 saturated heterocycles. The molecule has 0 spiro atoms. The van der Waals surface area contributed by atoms with E-state index < -0.39 is 11.8 Å². The number of thioether (sulfide) groups is 1. The molecule has 0 aliphatic carbocycles. The number of rotatable bonds is 3. The Morgan fingerprint density at radius 1 is 1.33 bits per heavy atom. The van der Waals surface area contributed by atoms with E-state index in [9.17, 15) is 9.59 Å². The molecule has 0 bridgehead atoms. The lowest BCUT2D eigenvalue weighted by Crippen LogP contribution is -2.45. The summed E-state index contributed by atoms with van der Waals surface area (Å²) in [5, 5.41) is 7.38. The van der Waals surface area contributed by atoms with Crippen LogP contribution in [0.5, 0.6) is 0 Å². The van der Waals surface area contributed by atoms with Gasteiger partial charge in [0.05, 0.1) is 5.69 Å². The number of carbonyl (C=O) groups excluding carboxylic acids is 1. The third-order valence-electron chi connectivity index (χ3n) is 3.83. The van der Waals surface area contributed by atoms with Gasteiger partial charge in [0.15, 0.2) is 0 Å². The van der Waals surface area contributed by atoms with Crippen molar-refractivity contribution < 1.29 is 9.63 Å². The van der Waals surface area contributed by atoms with Crippen LogP contribution in [0.3, 0.4) is 0 Å². The maximum absolute atomic E-state index is 12.3. The summed E-state index contributed by atoms with van der Waals surface area (Å²) in [5.41, 5.74) is -0.134. The van der Waals surface area contributed by atoms with E-state index in [4.69, 9.17) is 4.84 Å². The number of carbonyl (C=O) groups is 1. The average Bonchev–Trinajstić information content (AvgIpc) is 2.96. The lowest BCUT2D eigenvalue weighted by Gasteiger charge is -2.29. The van der Waals surface area contributed by atoms with Gasteiger partial charge in [-0.3, -0.25) is 4.84 Å². The van der Waals surface area contributed by atoms with Crippen LogP contribution in [0, 0.1) is 0 Å². The standard InChI is InChI=1S/C14H16BrN5O3S/c1-18(10-6-8-24-9-7-10)14(22)23-20-13(21)19(16-17-20)12-5-3-2-4-11(12)15/h2-5,10H,6-9H2,1H3. The maximum atomic E-state index is 12.3. The molecule has 10 heteroatoms. The quantitative estimate of drug-likeness (QED) is 0.710. The van der Waals surface area contributed by atoms with Gasteiger partial charge in [0.25, 0.3) is 0 Å². The number of nitrogens with zero attached hydrogens (tertiary/aromatic N) is 5. The fourth-order valence-corrected chi connectivity index (χ4v) is 3.96. The predicted molar refractivity (Wildman–Crippen MR) is 93.4 cm³/mol. The van der Waals surface area contributed by atoms with Gasteiger partial charge in [-0.25, -0.2) is 9.59 Å². The zero-order valence-corrected chi connectivity index (χ0v) is 15.4. The first-order valence-corrected chi connectivity index (χ1v) is 9.35. The number of hydrogen-bond donors (Lipinski definition) is 0. The molecule has 2 aromatic rings. The molecule has 3 rings (SSSR count). The summed E-state index contributed by atoms with van der Waals surface area (Å²) in [7, 11) is 1.67. The summed E-state index contributed by atoms with van der Waals surface area (Å²) >= 11 is 5.22. The van der Waals surface area contributed by atoms with Crippen LogP contribution in [0.25, 0.3) is 5.69 Å². The second-order valence-corrected chi connectivity index (χ2v) is 7.39. The van der Waals surface area contributed by atoms with Crippen LogP contribution in [0.2, 0.25) is 0 Å². The molecular formula is C14H16BrN5O3S. The third kappa shape index (κ3) is 3.48. The lowest BCUT2D eigenvalue weighted by atomic mass is 10.1. The van der Waals surface area contributed by atoms with E-state index in [0.717, 1.165) is 29.0 Å². The van der Waals surface area contributed by atoms with Crippen LogP contribution >= 0.6 is 27.7 Å². The fourth-order valence-electron chi connectivity index (χ4n) is 2.43. The number of para-hydroxylation sites is 1. The Labute approximate surface area is 150 Å². The molecule has 2 heterocycles. The Morgan fingerprint density at radius 3 is 2.75 bits per heavy atom. The van der Waals surface area contributed by atoms with E-state index in [1.165, 1.54) is 4.90 Å². The van der Waals surface area contributed by atoms with Crippen LogP contribution in [-0.4, -0.2) is 55.5 Å². The number of tetrazole rings is 1. The van der Waals surface area contributed by atoms with Gasteiger partial charge in [-0.05, 0) is 67.7 Å². The van der Waals surface area contributed by atoms with E-state index in [1.807, 2.05) is 17.8 Å². The summed E-state index contributed by atoms with van der Waals surface area (Å²) in [5.74, 6) is 2.03. The minimum Gasteiger partial charge on any atom is -0.306 e. The van der Waals surface area contributed by atoms with E-state index >= 15 is 0 Å². The van der Waals surface area contributed by atoms with Crippen molar-refractivity contribution in [2.45, 2.75) is 18.9 Å². The van der Waals surface area contributed by atoms with Crippen molar-refractivity contribution >= 4 is 33.8 Å². The molecule has 0 saturated carbocycles. The Hall–Kier alpha value is -1.81. The van der Waals surface area contributed by atoms with Gasteiger partial charge < -0.3 is 4.90 Å². The molecule has 8 nitrogen and oxygen atoms in total. The van der Waals surface area contributed by atoms with Crippen molar-refractivity contribution in [3.8, 4) is 5.69 Å². The highest BCUT2D eigenvalue weighted by molar-refractivity contribution is 9.10. The molecule has 1 aliphatic heterocycles. The van der Waals surface area contributed by atoms with Crippen molar-refractivity contribution in [3.05, 3.63) is 39.2 Å². The lowest BCUT2D eigenvalue weighted by molar-refractivity contribution is 0.0670. The highest BCUT2D eigenvalue weighted by atomic mass is 79.9. The van der Waals surface area contributed by atoms with Gasteiger partial charge in [0, 0.05) is 17.6 Å². The van der Waals surface area contributed by atoms with Gasteiger partial charge in [0.1, 0.15) is 0 Å². The van der Waals surface area contributed by atoms with E-state index in [-0.39, 0.29) is 6.04 Å². The largest absolute Gasteiger partial charge is 0.436 e. The second-order valence-electron chi connectivity index (χ2n) is 5.31. The topological polar surface area (TPSA) is 82.2 Å². The molecule has 128 valence electrons. The number of benzene rings is 1. The van der Waals surface area contributed by atoms with Crippen molar-refractivity contribution in [1.29, 1.82) is 0 Å². The molecule has 24 heavy (non-hydrogen) atoms. The SMILES string of the molecule is CN(C(=O)On1nnn(-c2ccccc2Br)c1=O)C1CCSCC1. The van der Waals surface area contributed by atoms with E-state index in [1.54, 1.807) is 25.2 Å². The molecule has 1 amide bonds. The smallest absolute Gasteiger partial charge is 0.306 e. The first kappa shape index (κ1) is 17.0. The third-order valence-corrected chi connectivity index (χ3v) is 5.55. The molecule has 0 radical (unpaired) electrons. The van der Waals surface area contributed by atoms with Gasteiger partial charge in [-0.1, -0.05) is 12.1 Å². The minimum atomic E-state index is -0.650. The summed E-state index contributed by atoms with van der Waals surface area (Å²) in [6.07, 6.45) is 1.21. The first-order valence-electron chi connectivity index (χ1n) is 7.40. The van der Waals surface area contributed by atoms with Crippen LogP contribution in [0.15, 0.2) is 33.5 Å². The summed E-state index contributed by atoms with van der Waals surface area (Å²) in [6.45, 7) is 0. The van der Waals surface area contributed by atoms with Gasteiger partial charge in [-0.2, -0.15) is 16.4 Å². The minimum absolute atomic E-state index is 0.118. The summed E-state index contributed by atoms with van der Waals surface area (Å²) in [4.78, 5) is 31.8. The summed E-state index contributed by atoms with van der Waals surface area (Å²) in [6, 6.07) is 7.19. The van der Waals surface area contributed by atoms with Gasteiger partial charge in [-0.15, -0.1) is 0 Å². The van der Waals surface area contributed by atoms with Crippen LogP contribution in [-0.2, 0) is 0 Å². The monoisotopic (exact) mass is 413 g/mol. The van der Waals surface area contributed by atoms with Gasteiger partial charge >= 0.3 is 11.8 Å². The molecule has 1 aliphatic rings. The Kier molecular flexibility index (Phi) is 5.24. The molecular weight excluding hydrogens is 398 g/mol. The number of hydrogen-bond acceptors (Lipinski definition) is 6. The van der Waals surface area contributed by atoms with Crippen molar-refractivity contribution in [1.82, 2.24) is 24.9 Å². The zero-order valence-electron chi connectivity index (χ0n) is 13.0. The van der Waals surface area contributed by atoms with Crippen LogP contribution in [0.1, 0.15) is 12.8 Å². The fraction of sp³-hybridized carbons (Fsp3) is 0.429. The second kappa shape index (κ2) is 7.39. The number of amides is 1. The zero-order chi connectivity index (χ0) is 17.1. The molecule has 0 N–H and O–H groups in total. The van der Waals surface area contributed by atoms with E-state index in [0.29, 0.717) is 15.0 Å². The average molecular weight is 414 g/mol. The molecule has 1 aromatic heterocycles. The molecule has 1 fully saturated rings. The first-order chi connectivity index (χ1) is 11.6. The van der Waals surface area contributed by atoms with Crippen LogP contribution in [0.4, 0.5) is 4.79 Å². The van der Waals surface area contributed by atoms with Crippen molar-refractivity contribution in [2.24, 2.45) is 0 Å². The Morgan fingerprint density at radius 2 is 2.04 bits per heavy atom. The molecule has 1 aromatic carbocycles. The molecule has 0 atom stereocenters. The highest BCUT2D eigenvalue weighted by Gasteiger charge is 2.25.